The summed E-state index contributed by atoms with van der Waals surface area (Å²) in [5.41, 5.74) is 10.9. The third-order valence-corrected chi connectivity index (χ3v) is 3.64. The monoisotopic (exact) mass is 419 g/mol. The summed E-state index contributed by atoms with van der Waals surface area (Å²) in [6.45, 7) is -0.401. The normalized spacial score (nSPS) is 22.7. The van der Waals surface area contributed by atoms with E-state index >= 15 is 0 Å². The summed E-state index contributed by atoms with van der Waals surface area (Å²) in [7, 11) is 0. The first-order chi connectivity index (χ1) is 11.9. The zero-order valence-electron chi connectivity index (χ0n) is 13.5. The van der Waals surface area contributed by atoms with E-state index in [0.717, 1.165) is 29.2 Å². The number of aliphatic imine (C=N–C) groups is 1. The van der Waals surface area contributed by atoms with Crippen LogP contribution in [0.5, 0.6) is 5.75 Å². The SMILES string of the molecule is Cl.N=C(N)N1CCC(F)(F)C(F)C1C(N)=Nc1ccc(OC(F)(F)F)cc1. The van der Waals surface area contributed by atoms with E-state index in [2.05, 4.69) is 9.73 Å². The van der Waals surface area contributed by atoms with Gasteiger partial charge in [0.2, 0.25) is 0 Å². The number of nitrogens with two attached hydrogens (primary N) is 2. The highest BCUT2D eigenvalue weighted by Gasteiger charge is 2.52. The maximum Gasteiger partial charge on any atom is 0.573 e. The third-order valence-electron chi connectivity index (χ3n) is 3.64. The lowest BCUT2D eigenvalue weighted by Gasteiger charge is -2.41. The Morgan fingerprint density at radius 3 is 2.26 bits per heavy atom. The first-order valence-corrected chi connectivity index (χ1v) is 7.23. The van der Waals surface area contributed by atoms with Crippen LogP contribution in [0.3, 0.4) is 0 Å². The van der Waals surface area contributed by atoms with Gasteiger partial charge in [-0.3, -0.25) is 5.41 Å². The van der Waals surface area contributed by atoms with Crippen LogP contribution in [0.2, 0.25) is 0 Å². The number of likely N-dealkylation sites (tertiary alicyclic amines) is 1. The number of piperidine rings is 1. The second kappa shape index (κ2) is 8.11. The summed E-state index contributed by atoms with van der Waals surface area (Å²) in [5.74, 6) is -5.44. The highest BCUT2D eigenvalue weighted by atomic mass is 35.5. The molecule has 1 aromatic rings. The van der Waals surface area contributed by atoms with Crippen LogP contribution in [-0.2, 0) is 0 Å². The Balaban J connectivity index is 0.00000364. The van der Waals surface area contributed by atoms with Crippen LogP contribution in [0.1, 0.15) is 6.42 Å². The Bertz CT molecular complexity index is 696. The highest BCUT2D eigenvalue weighted by Crippen LogP contribution is 2.35. The second-order valence-electron chi connectivity index (χ2n) is 5.51. The van der Waals surface area contributed by atoms with E-state index in [1.807, 2.05) is 0 Å². The van der Waals surface area contributed by atoms with Crippen LogP contribution in [0, 0.1) is 5.41 Å². The van der Waals surface area contributed by atoms with Gasteiger partial charge in [0.25, 0.3) is 5.92 Å². The molecule has 13 heteroatoms. The molecule has 6 nitrogen and oxygen atoms in total. The molecule has 152 valence electrons. The lowest BCUT2D eigenvalue weighted by Crippen LogP contribution is -2.63. The predicted octanol–water partition coefficient (Wildman–Crippen LogP) is 2.94. The molecule has 0 aliphatic carbocycles. The molecule has 0 aromatic heterocycles. The lowest BCUT2D eigenvalue weighted by molar-refractivity contribution is -0.274. The van der Waals surface area contributed by atoms with Crippen molar-refractivity contribution < 1.29 is 31.1 Å². The van der Waals surface area contributed by atoms with Crippen molar-refractivity contribution in [3.8, 4) is 5.75 Å². The molecule has 1 aliphatic rings. The molecule has 2 unspecified atom stereocenters. The number of alkyl halides is 6. The fraction of sp³-hybridized carbons (Fsp3) is 0.429. The van der Waals surface area contributed by atoms with E-state index in [1.165, 1.54) is 0 Å². The maximum absolute atomic E-state index is 14.2. The minimum atomic E-state index is -4.87. The highest BCUT2D eigenvalue weighted by molar-refractivity contribution is 5.92. The molecule has 2 rings (SSSR count). The van der Waals surface area contributed by atoms with E-state index < -0.39 is 55.0 Å². The average Bonchev–Trinajstić information content (AvgIpc) is 2.50. The molecule has 0 radical (unpaired) electrons. The summed E-state index contributed by atoms with van der Waals surface area (Å²) in [6.07, 6.45) is -8.47. The van der Waals surface area contributed by atoms with Crippen molar-refractivity contribution >= 4 is 29.9 Å². The van der Waals surface area contributed by atoms with Gasteiger partial charge in [-0.15, -0.1) is 25.6 Å². The molecule has 27 heavy (non-hydrogen) atoms. The first-order valence-electron chi connectivity index (χ1n) is 7.23. The van der Waals surface area contributed by atoms with Crippen LogP contribution in [0.25, 0.3) is 0 Å². The Morgan fingerprint density at radius 1 is 1.22 bits per heavy atom. The first kappa shape index (κ1) is 22.7. The number of hydrogen-bond acceptors (Lipinski definition) is 3. The number of amidine groups is 1. The van der Waals surface area contributed by atoms with E-state index in [-0.39, 0.29) is 18.1 Å². The van der Waals surface area contributed by atoms with Crippen molar-refractivity contribution in [2.45, 2.75) is 30.9 Å². The number of rotatable bonds is 3. The van der Waals surface area contributed by atoms with Crippen molar-refractivity contribution in [3.63, 3.8) is 0 Å². The lowest BCUT2D eigenvalue weighted by atomic mass is 9.95. The quantitative estimate of drug-likeness (QED) is 0.398. The van der Waals surface area contributed by atoms with Crippen LogP contribution in [0.4, 0.5) is 32.0 Å². The molecule has 0 bridgehead atoms. The predicted molar refractivity (Wildman–Crippen MR) is 88.5 cm³/mol. The van der Waals surface area contributed by atoms with Crippen LogP contribution in [-0.4, -0.2) is 47.7 Å². The summed E-state index contributed by atoms with van der Waals surface area (Å²) in [6, 6.07) is 2.26. The zero-order valence-corrected chi connectivity index (χ0v) is 14.3. The molecule has 1 saturated heterocycles. The molecule has 0 amide bonds. The van der Waals surface area contributed by atoms with Gasteiger partial charge >= 0.3 is 6.36 Å². The maximum atomic E-state index is 14.2. The summed E-state index contributed by atoms with van der Waals surface area (Å²) in [4.78, 5) is 4.61. The number of nitrogens with one attached hydrogen (secondary N) is 1. The van der Waals surface area contributed by atoms with Gasteiger partial charge in [0.1, 0.15) is 17.6 Å². The number of hydrogen-bond donors (Lipinski definition) is 3. The van der Waals surface area contributed by atoms with Gasteiger partial charge in [-0.1, -0.05) is 0 Å². The van der Waals surface area contributed by atoms with Gasteiger partial charge in [0, 0.05) is 13.0 Å². The minimum Gasteiger partial charge on any atom is -0.406 e. The molecule has 0 spiro atoms. The number of ether oxygens (including phenoxy) is 1. The molecule has 0 saturated carbocycles. The fourth-order valence-electron chi connectivity index (χ4n) is 2.45. The summed E-state index contributed by atoms with van der Waals surface area (Å²) in [5, 5.41) is 7.38. The second-order valence-corrected chi connectivity index (χ2v) is 5.51. The smallest absolute Gasteiger partial charge is 0.406 e. The Kier molecular flexibility index (Phi) is 6.81. The summed E-state index contributed by atoms with van der Waals surface area (Å²) < 4.78 is 81.5. The van der Waals surface area contributed by atoms with Crippen molar-refractivity contribution in [2.75, 3.05) is 6.54 Å². The van der Waals surface area contributed by atoms with Gasteiger partial charge in [-0.05, 0) is 24.3 Å². The molecule has 2 atom stereocenters. The van der Waals surface area contributed by atoms with Gasteiger partial charge in [-0.2, -0.15) is 0 Å². The number of nitrogens with zero attached hydrogens (tertiary/aromatic N) is 2. The van der Waals surface area contributed by atoms with Crippen molar-refractivity contribution in [1.29, 1.82) is 5.41 Å². The zero-order chi connectivity index (χ0) is 19.7. The standard InChI is InChI=1S/C14H15F6N5O.ClH/c15-10-9(25(12(22)23)6-5-13(10,16)17)11(21)24-7-1-3-8(4-2-7)26-14(18,19)20;/h1-4,9-10H,5-6H2,(H2,21,24)(H3,22,23);1H. The largest absolute Gasteiger partial charge is 0.573 e. The summed E-state index contributed by atoms with van der Waals surface area (Å²) >= 11 is 0. The van der Waals surface area contributed by atoms with E-state index in [4.69, 9.17) is 16.9 Å². The van der Waals surface area contributed by atoms with Crippen molar-refractivity contribution in [3.05, 3.63) is 24.3 Å². The number of guanidine groups is 1. The molecular weight excluding hydrogens is 404 g/mol. The average molecular weight is 420 g/mol. The topological polar surface area (TPSA) is 101 Å². The third kappa shape index (κ3) is 5.55. The van der Waals surface area contributed by atoms with Gasteiger partial charge in [0.05, 0.1) is 5.69 Å². The molecule has 1 aromatic carbocycles. The van der Waals surface area contributed by atoms with Crippen LogP contribution in [0.15, 0.2) is 29.3 Å². The van der Waals surface area contributed by atoms with Gasteiger partial charge in [0.15, 0.2) is 12.1 Å². The number of benzene rings is 1. The van der Waals surface area contributed by atoms with Crippen LogP contribution < -0.4 is 16.2 Å². The van der Waals surface area contributed by atoms with Crippen molar-refractivity contribution in [1.82, 2.24) is 4.90 Å². The minimum absolute atomic E-state index is 0. The Labute approximate surface area is 156 Å². The Hall–Kier alpha value is -2.37. The van der Waals surface area contributed by atoms with Gasteiger partial charge in [-0.25, -0.2) is 18.2 Å². The van der Waals surface area contributed by atoms with E-state index in [1.54, 1.807) is 0 Å². The molecule has 1 heterocycles. The fourth-order valence-corrected chi connectivity index (χ4v) is 2.45. The Morgan fingerprint density at radius 2 is 1.78 bits per heavy atom. The van der Waals surface area contributed by atoms with Crippen molar-refractivity contribution in [2.24, 2.45) is 16.5 Å². The van der Waals surface area contributed by atoms with Crippen LogP contribution >= 0.6 is 12.4 Å². The molecule has 5 N–H and O–H groups in total. The molecule has 1 fully saturated rings. The van der Waals surface area contributed by atoms with E-state index in [9.17, 15) is 26.3 Å². The molecule has 1 aliphatic heterocycles. The molecular formula is C14H16ClF6N5O. The van der Waals surface area contributed by atoms with E-state index in [0.29, 0.717) is 0 Å². The van der Waals surface area contributed by atoms with Gasteiger partial charge < -0.3 is 21.1 Å². The number of halogens is 7.